The molecule has 1 aromatic rings. The monoisotopic (exact) mass is 212 g/mol. The lowest BCUT2D eigenvalue weighted by Gasteiger charge is -2.06. The number of rotatable bonds is 3. The minimum absolute atomic E-state index is 0.423. The Morgan fingerprint density at radius 3 is 2.43 bits per heavy atom. The van der Waals surface area contributed by atoms with E-state index in [0.717, 1.165) is 18.4 Å². The third kappa shape index (κ3) is 2.58. The van der Waals surface area contributed by atoms with Crippen LogP contribution >= 0.6 is 0 Å². The van der Waals surface area contributed by atoms with Crippen LogP contribution in [0.25, 0.3) is 0 Å². The van der Waals surface area contributed by atoms with Crippen molar-refractivity contribution in [2.24, 2.45) is 0 Å². The largest absolute Gasteiger partial charge is 0.224 e. The molecule has 3 heteroatoms. The van der Waals surface area contributed by atoms with Crippen molar-refractivity contribution in [1.82, 2.24) is 0 Å². The number of sulfone groups is 1. The van der Waals surface area contributed by atoms with Crippen LogP contribution < -0.4 is 0 Å². The molecular weight excluding hydrogens is 196 g/mol. The van der Waals surface area contributed by atoms with E-state index in [1.54, 1.807) is 12.1 Å². The van der Waals surface area contributed by atoms with Gasteiger partial charge < -0.3 is 0 Å². The van der Waals surface area contributed by atoms with Crippen molar-refractivity contribution in [1.29, 1.82) is 0 Å². The predicted molar refractivity (Wildman–Crippen MR) is 58.3 cm³/mol. The first-order valence-corrected chi connectivity index (χ1v) is 6.64. The second-order valence-corrected chi connectivity index (χ2v) is 5.63. The van der Waals surface area contributed by atoms with Gasteiger partial charge in [0.05, 0.1) is 4.90 Å². The van der Waals surface area contributed by atoms with E-state index in [4.69, 9.17) is 0 Å². The molecule has 0 amide bonds. The van der Waals surface area contributed by atoms with Gasteiger partial charge in [-0.15, -0.1) is 0 Å². The Balaban J connectivity index is 3.20. The van der Waals surface area contributed by atoms with Crippen LogP contribution in [0.3, 0.4) is 0 Å². The summed E-state index contributed by atoms with van der Waals surface area (Å²) in [5, 5.41) is 0. The smallest absolute Gasteiger partial charge is 0.175 e. The maximum atomic E-state index is 11.3. The van der Waals surface area contributed by atoms with Gasteiger partial charge in [-0.05, 0) is 36.6 Å². The van der Waals surface area contributed by atoms with Crippen LogP contribution in [0.5, 0.6) is 0 Å². The fraction of sp³-hybridized carbons (Fsp3) is 0.455. The zero-order valence-electron chi connectivity index (χ0n) is 8.87. The van der Waals surface area contributed by atoms with E-state index in [0.29, 0.717) is 4.90 Å². The van der Waals surface area contributed by atoms with E-state index in [2.05, 4.69) is 6.92 Å². The molecule has 0 unspecified atom stereocenters. The summed E-state index contributed by atoms with van der Waals surface area (Å²) in [4.78, 5) is 0.423. The van der Waals surface area contributed by atoms with Crippen molar-refractivity contribution in [2.45, 2.75) is 31.6 Å². The SMILES string of the molecule is CCCc1cc(S(C)(=O)=O)ccc1C. The summed E-state index contributed by atoms with van der Waals surface area (Å²) in [6, 6.07) is 5.33. The Morgan fingerprint density at radius 1 is 1.29 bits per heavy atom. The molecule has 0 saturated carbocycles. The number of hydrogen-bond acceptors (Lipinski definition) is 2. The van der Waals surface area contributed by atoms with Crippen LogP contribution in [0.4, 0.5) is 0 Å². The number of hydrogen-bond donors (Lipinski definition) is 0. The van der Waals surface area contributed by atoms with E-state index in [1.807, 2.05) is 13.0 Å². The molecule has 0 aliphatic rings. The first-order valence-electron chi connectivity index (χ1n) is 4.74. The van der Waals surface area contributed by atoms with Gasteiger partial charge in [0, 0.05) is 6.26 Å². The van der Waals surface area contributed by atoms with Crippen molar-refractivity contribution in [3.63, 3.8) is 0 Å². The number of benzene rings is 1. The molecule has 0 radical (unpaired) electrons. The Kier molecular flexibility index (Phi) is 3.32. The van der Waals surface area contributed by atoms with Crippen molar-refractivity contribution in [3.05, 3.63) is 29.3 Å². The average Bonchev–Trinajstić information content (AvgIpc) is 2.07. The molecule has 0 aromatic heterocycles. The molecule has 78 valence electrons. The van der Waals surface area contributed by atoms with Crippen molar-refractivity contribution < 1.29 is 8.42 Å². The highest BCUT2D eigenvalue weighted by Crippen LogP contribution is 2.16. The van der Waals surface area contributed by atoms with Gasteiger partial charge in [-0.3, -0.25) is 0 Å². The van der Waals surface area contributed by atoms with Gasteiger partial charge in [-0.25, -0.2) is 8.42 Å². The Bertz CT molecular complexity index is 419. The zero-order chi connectivity index (χ0) is 10.8. The molecule has 0 saturated heterocycles. The highest BCUT2D eigenvalue weighted by Gasteiger charge is 2.08. The predicted octanol–water partition coefficient (Wildman–Crippen LogP) is 2.35. The van der Waals surface area contributed by atoms with Gasteiger partial charge in [0.15, 0.2) is 9.84 Å². The maximum Gasteiger partial charge on any atom is 0.175 e. The Hall–Kier alpha value is -0.830. The molecule has 0 bridgehead atoms. The lowest BCUT2D eigenvalue weighted by Crippen LogP contribution is -1.99. The standard InChI is InChI=1S/C11H16O2S/c1-4-5-10-8-11(14(3,12)13)7-6-9(10)2/h6-8H,4-5H2,1-3H3. The first kappa shape index (κ1) is 11.2. The third-order valence-electron chi connectivity index (χ3n) is 2.27. The van der Waals surface area contributed by atoms with Gasteiger partial charge in [-0.2, -0.15) is 0 Å². The summed E-state index contributed by atoms with van der Waals surface area (Å²) in [5.41, 5.74) is 2.30. The summed E-state index contributed by atoms with van der Waals surface area (Å²) in [5.74, 6) is 0. The van der Waals surface area contributed by atoms with E-state index in [9.17, 15) is 8.42 Å². The van der Waals surface area contributed by atoms with Crippen LogP contribution in [0, 0.1) is 6.92 Å². The highest BCUT2D eigenvalue weighted by atomic mass is 32.2. The van der Waals surface area contributed by atoms with Crippen molar-refractivity contribution in [3.8, 4) is 0 Å². The first-order chi connectivity index (χ1) is 6.45. The molecule has 1 aromatic carbocycles. The lowest BCUT2D eigenvalue weighted by atomic mass is 10.0. The minimum Gasteiger partial charge on any atom is -0.224 e. The molecule has 0 atom stereocenters. The van der Waals surface area contributed by atoms with Crippen LogP contribution in [0.2, 0.25) is 0 Å². The summed E-state index contributed by atoms with van der Waals surface area (Å²) in [6.07, 6.45) is 3.22. The quantitative estimate of drug-likeness (QED) is 0.770. The van der Waals surface area contributed by atoms with Crippen LogP contribution in [-0.4, -0.2) is 14.7 Å². The topological polar surface area (TPSA) is 34.1 Å². The Morgan fingerprint density at radius 2 is 1.93 bits per heavy atom. The maximum absolute atomic E-state index is 11.3. The van der Waals surface area contributed by atoms with Gasteiger partial charge in [-0.1, -0.05) is 19.4 Å². The molecule has 0 N–H and O–H groups in total. The van der Waals surface area contributed by atoms with Gasteiger partial charge >= 0.3 is 0 Å². The zero-order valence-corrected chi connectivity index (χ0v) is 9.69. The summed E-state index contributed by atoms with van der Waals surface area (Å²) >= 11 is 0. The second-order valence-electron chi connectivity index (χ2n) is 3.61. The molecule has 0 heterocycles. The number of aryl methyl sites for hydroxylation is 2. The van der Waals surface area contributed by atoms with E-state index in [-0.39, 0.29) is 0 Å². The molecule has 14 heavy (non-hydrogen) atoms. The fourth-order valence-electron chi connectivity index (χ4n) is 1.42. The van der Waals surface area contributed by atoms with E-state index < -0.39 is 9.84 Å². The van der Waals surface area contributed by atoms with E-state index in [1.165, 1.54) is 11.8 Å². The Labute approximate surface area is 85.9 Å². The molecule has 0 spiro atoms. The van der Waals surface area contributed by atoms with Gasteiger partial charge in [0.25, 0.3) is 0 Å². The molecule has 2 nitrogen and oxygen atoms in total. The minimum atomic E-state index is -3.06. The molecular formula is C11H16O2S. The summed E-state index contributed by atoms with van der Waals surface area (Å²) in [6.45, 7) is 4.10. The molecule has 0 fully saturated rings. The average molecular weight is 212 g/mol. The molecule has 0 aliphatic carbocycles. The van der Waals surface area contributed by atoms with Crippen molar-refractivity contribution in [2.75, 3.05) is 6.26 Å². The second kappa shape index (κ2) is 4.13. The summed E-state index contributed by atoms with van der Waals surface area (Å²) < 4.78 is 22.6. The fourth-order valence-corrected chi connectivity index (χ4v) is 2.09. The van der Waals surface area contributed by atoms with Crippen LogP contribution in [0.15, 0.2) is 23.1 Å². The normalized spacial score (nSPS) is 11.6. The highest BCUT2D eigenvalue weighted by molar-refractivity contribution is 7.90. The molecule has 0 aliphatic heterocycles. The van der Waals surface area contributed by atoms with Gasteiger partial charge in [0.1, 0.15) is 0 Å². The van der Waals surface area contributed by atoms with Crippen LogP contribution in [0.1, 0.15) is 24.5 Å². The van der Waals surface area contributed by atoms with Crippen molar-refractivity contribution >= 4 is 9.84 Å². The third-order valence-corrected chi connectivity index (χ3v) is 3.38. The summed E-state index contributed by atoms with van der Waals surface area (Å²) in [7, 11) is -3.06. The van der Waals surface area contributed by atoms with E-state index >= 15 is 0 Å². The molecule has 1 rings (SSSR count). The lowest BCUT2D eigenvalue weighted by molar-refractivity contribution is 0.601. The van der Waals surface area contributed by atoms with Gasteiger partial charge in [0.2, 0.25) is 0 Å². The van der Waals surface area contributed by atoms with Crippen LogP contribution in [-0.2, 0) is 16.3 Å².